The highest BCUT2D eigenvalue weighted by Gasteiger charge is 2.36. The van der Waals surface area contributed by atoms with Crippen LogP contribution in [0.15, 0.2) is 30.3 Å². The summed E-state index contributed by atoms with van der Waals surface area (Å²) in [6, 6.07) is 9.97. The minimum atomic E-state index is -3.45. The van der Waals surface area contributed by atoms with Crippen molar-refractivity contribution in [2.45, 2.75) is 25.7 Å². The number of Topliss-reactive ketones (excluding diaryl/α,β-unsaturated/α-hetero) is 1. The first-order chi connectivity index (χ1) is 12.5. The Balaban J connectivity index is 1.57. The maximum Gasteiger partial charge on any atom is 0.282 e. The van der Waals surface area contributed by atoms with Crippen LogP contribution in [-0.2, 0) is 21.4 Å². The van der Waals surface area contributed by atoms with Crippen LogP contribution < -0.4 is 0 Å². The standard InChI is InChI=1S/C19H29N3O3S/c1-20-12-14-21(15-13-20)26(24,25)22-11-5-8-18(16-22)19(23)10-9-17-6-3-2-4-7-17/h2-4,6-7,18H,5,8-16H2,1H3/t18-/m1/s1. The van der Waals surface area contributed by atoms with Gasteiger partial charge in [0.2, 0.25) is 0 Å². The van der Waals surface area contributed by atoms with Gasteiger partial charge in [0, 0.05) is 51.6 Å². The number of piperazine rings is 1. The average Bonchev–Trinajstić information content (AvgIpc) is 2.67. The van der Waals surface area contributed by atoms with E-state index in [0.29, 0.717) is 32.6 Å². The van der Waals surface area contributed by atoms with E-state index in [0.717, 1.165) is 37.9 Å². The van der Waals surface area contributed by atoms with Gasteiger partial charge in [0.15, 0.2) is 0 Å². The molecule has 0 amide bonds. The molecule has 2 aliphatic heterocycles. The molecule has 3 rings (SSSR count). The fourth-order valence-corrected chi connectivity index (χ4v) is 5.39. The Kier molecular flexibility index (Phi) is 6.45. The van der Waals surface area contributed by atoms with Gasteiger partial charge in [0.05, 0.1) is 0 Å². The SMILES string of the molecule is CN1CCN(S(=O)(=O)N2CCC[C@@H](C(=O)CCc3ccccc3)C2)CC1. The monoisotopic (exact) mass is 379 g/mol. The van der Waals surface area contributed by atoms with Gasteiger partial charge in [-0.15, -0.1) is 0 Å². The maximum atomic E-state index is 12.9. The number of rotatable bonds is 6. The van der Waals surface area contributed by atoms with Crippen molar-refractivity contribution >= 4 is 16.0 Å². The second-order valence-corrected chi connectivity index (χ2v) is 9.29. The summed E-state index contributed by atoms with van der Waals surface area (Å²) in [6.07, 6.45) is 2.76. The van der Waals surface area contributed by atoms with Gasteiger partial charge in [-0.25, -0.2) is 0 Å². The van der Waals surface area contributed by atoms with E-state index in [2.05, 4.69) is 4.90 Å². The van der Waals surface area contributed by atoms with Crippen molar-refractivity contribution < 1.29 is 13.2 Å². The summed E-state index contributed by atoms with van der Waals surface area (Å²) in [5, 5.41) is 0. The summed E-state index contributed by atoms with van der Waals surface area (Å²) in [7, 11) is -1.45. The lowest BCUT2D eigenvalue weighted by atomic mass is 9.91. The van der Waals surface area contributed by atoms with Crippen LogP contribution in [0.3, 0.4) is 0 Å². The van der Waals surface area contributed by atoms with Crippen molar-refractivity contribution in [2.75, 3.05) is 46.3 Å². The Labute approximate surface area is 157 Å². The van der Waals surface area contributed by atoms with Crippen LogP contribution in [0.4, 0.5) is 0 Å². The summed E-state index contributed by atoms with van der Waals surface area (Å²) in [4.78, 5) is 14.8. The molecule has 0 aromatic heterocycles. The lowest BCUT2D eigenvalue weighted by Crippen LogP contribution is -2.54. The number of likely N-dealkylation sites (N-methyl/N-ethyl adjacent to an activating group) is 1. The second kappa shape index (κ2) is 8.61. The number of hydrogen-bond donors (Lipinski definition) is 0. The predicted octanol–water partition coefficient (Wildman–Crippen LogP) is 1.39. The van der Waals surface area contributed by atoms with Gasteiger partial charge in [-0.3, -0.25) is 4.79 Å². The maximum absolute atomic E-state index is 12.9. The number of ketones is 1. The smallest absolute Gasteiger partial charge is 0.282 e. The van der Waals surface area contributed by atoms with Crippen LogP contribution >= 0.6 is 0 Å². The first kappa shape index (κ1) is 19.5. The van der Waals surface area contributed by atoms with Crippen LogP contribution in [0.2, 0.25) is 0 Å². The van der Waals surface area contributed by atoms with Crippen LogP contribution in [0.1, 0.15) is 24.8 Å². The highest BCUT2D eigenvalue weighted by Crippen LogP contribution is 2.24. The number of aryl methyl sites for hydroxylation is 1. The highest BCUT2D eigenvalue weighted by molar-refractivity contribution is 7.86. The summed E-state index contributed by atoms with van der Waals surface area (Å²) in [5.74, 6) is 0.0156. The van der Waals surface area contributed by atoms with Crippen molar-refractivity contribution in [3.05, 3.63) is 35.9 Å². The molecule has 7 heteroatoms. The van der Waals surface area contributed by atoms with Gasteiger partial charge in [0.1, 0.15) is 5.78 Å². The molecule has 1 atom stereocenters. The summed E-state index contributed by atoms with van der Waals surface area (Å²) in [6.45, 7) is 3.43. The van der Waals surface area contributed by atoms with E-state index in [1.54, 1.807) is 4.31 Å². The molecular weight excluding hydrogens is 350 g/mol. The van der Waals surface area contributed by atoms with Gasteiger partial charge in [-0.2, -0.15) is 17.0 Å². The van der Waals surface area contributed by atoms with Gasteiger partial charge in [-0.05, 0) is 31.9 Å². The van der Waals surface area contributed by atoms with Crippen molar-refractivity contribution in [3.63, 3.8) is 0 Å². The van der Waals surface area contributed by atoms with E-state index >= 15 is 0 Å². The summed E-state index contributed by atoms with van der Waals surface area (Å²) < 4.78 is 28.9. The van der Waals surface area contributed by atoms with E-state index in [4.69, 9.17) is 0 Å². The third-order valence-electron chi connectivity index (χ3n) is 5.46. The van der Waals surface area contributed by atoms with Crippen molar-refractivity contribution in [1.29, 1.82) is 0 Å². The van der Waals surface area contributed by atoms with Crippen LogP contribution in [0.25, 0.3) is 0 Å². The minimum Gasteiger partial charge on any atom is -0.304 e. The summed E-state index contributed by atoms with van der Waals surface area (Å²) >= 11 is 0. The van der Waals surface area contributed by atoms with E-state index in [1.807, 2.05) is 37.4 Å². The molecule has 0 spiro atoms. The largest absolute Gasteiger partial charge is 0.304 e. The minimum absolute atomic E-state index is 0.172. The fraction of sp³-hybridized carbons (Fsp3) is 0.632. The average molecular weight is 380 g/mol. The number of hydrogen-bond acceptors (Lipinski definition) is 4. The molecule has 2 aliphatic rings. The Morgan fingerprint density at radius 2 is 1.73 bits per heavy atom. The third kappa shape index (κ3) is 4.71. The molecule has 0 N–H and O–H groups in total. The van der Waals surface area contributed by atoms with Crippen LogP contribution in [-0.4, -0.2) is 74.0 Å². The van der Waals surface area contributed by atoms with Crippen molar-refractivity contribution in [1.82, 2.24) is 13.5 Å². The number of nitrogens with zero attached hydrogens (tertiary/aromatic N) is 3. The molecule has 144 valence electrons. The van der Waals surface area contributed by atoms with Gasteiger partial charge < -0.3 is 4.90 Å². The van der Waals surface area contributed by atoms with E-state index in [1.165, 1.54) is 4.31 Å². The molecule has 0 unspecified atom stereocenters. The van der Waals surface area contributed by atoms with Crippen molar-refractivity contribution in [2.24, 2.45) is 5.92 Å². The number of carbonyl (C=O) groups excluding carboxylic acids is 1. The van der Waals surface area contributed by atoms with Crippen LogP contribution in [0, 0.1) is 5.92 Å². The van der Waals surface area contributed by atoms with Gasteiger partial charge in [0.25, 0.3) is 10.2 Å². The molecule has 0 bridgehead atoms. The molecule has 1 aromatic rings. The lowest BCUT2D eigenvalue weighted by molar-refractivity contribution is -0.123. The number of piperidine rings is 1. The molecule has 1 aromatic carbocycles. The molecule has 2 fully saturated rings. The topological polar surface area (TPSA) is 60.9 Å². The zero-order chi connectivity index (χ0) is 18.6. The zero-order valence-electron chi connectivity index (χ0n) is 15.5. The molecule has 2 saturated heterocycles. The van der Waals surface area contributed by atoms with E-state index in [-0.39, 0.29) is 11.7 Å². The first-order valence-electron chi connectivity index (χ1n) is 9.47. The summed E-state index contributed by atoms with van der Waals surface area (Å²) in [5.41, 5.74) is 1.15. The number of carbonyl (C=O) groups is 1. The normalized spacial score (nSPS) is 23.8. The number of benzene rings is 1. The molecule has 26 heavy (non-hydrogen) atoms. The molecular formula is C19H29N3O3S. The molecule has 0 aliphatic carbocycles. The molecule has 6 nitrogen and oxygen atoms in total. The van der Waals surface area contributed by atoms with Crippen LogP contribution in [0.5, 0.6) is 0 Å². The Bertz CT molecular complexity index is 700. The predicted molar refractivity (Wildman–Crippen MR) is 102 cm³/mol. The van der Waals surface area contributed by atoms with E-state index in [9.17, 15) is 13.2 Å². The highest BCUT2D eigenvalue weighted by atomic mass is 32.2. The third-order valence-corrected chi connectivity index (χ3v) is 7.46. The second-order valence-electron chi connectivity index (χ2n) is 7.36. The first-order valence-corrected chi connectivity index (χ1v) is 10.9. The van der Waals surface area contributed by atoms with Crippen molar-refractivity contribution in [3.8, 4) is 0 Å². The zero-order valence-corrected chi connectivity index (χ0v) is 16.3. The quantitative estimate of drug-likeness (QED) is 0.749. The Hall–Kier alpha value is -1.28. The van der Waals surface area contributed by atoms with Gasteiger partial charge >= 0.3 is 0 Å². The van der Waals surface area contributed by atoms with E-state index < -0.39 is 10.2 Å². The Morgan fingerprint density at radius 1 is 1.04 bits per heavy atom. The Morgan fingerprint density at radius 3 is 2.42 bits per heavy atom. The fourth-order valence-electron chi connectivity index (χ4n) is 3.71. The molecule has 2 heterocycles. The van der Waals surface area contributed by atoms with Gasteiger partial charge in [-0.1, -0.05) is 30.3 Å². The lowest BCUT2D eigenvalue weighted by Gasteiger charge is -2.38. The molecule has 0 radical (unpaired) electrons. The molecule has 0 saturated carbocycles.